The van der Waals surface area contributed by atoms with Gasteiger partial charge in [-0.15, -0.1) is 0 Å². The maximum absolute atomic E-state index is 9.67. The van der Waals surface area contributed by atoms with Gasteiger partial charge < -0.3 is 9.63 Å². The van der Waals surface area contributed by atoms with Crippen molar-refractivity contribution in [3.05, 3.63) is 11.7 Å². The van der Waals surface area contributed by atoms with Gasteiger partial charge in [0.15, 0.2) is 5.82 Å². The van der Waals surface area contributed by atoms with Gasteiger partial charge in [-0.25, -0.2) is 0 Å². The Labute approximate surface area is 89.7 Å². The Hall–Kier alpha value is -0.900. The van der Waals surface area contributed by atoms with Crippen LogP contribution < -0.4 is 0 Å². The molecule has 15 heavy (non-hydrogen) atoms. The van der Waals surface area contributed by atoms with E-state index in [0.717, 1.165) is 12.2 Å². The van der Waals surface area contributed by atoms with Crippen molar-refractivity contribution in [2.75, 3.05) is 0 Å². The molecule has 0 aliphatic heterocycles. The Morgan fingerprint density at radius 2 is 2.20 bits per heavy atom. The molecule has 0 spiro atoms. The molecular formula is C11H18N2O2. The highest BCUT2D eigenvalue weighted by molar-refractivity contribution is 5.07. The Bertz CT molecular complexity index is 335. The summed E-state index contributed by atoms with van der Waals surface area (Å²) in [7, 11) is 0. The maximum Gasteiger partial charge on any atom is 0.229 e. The molecule has 4 heteroatoms. The molecule has 1 heterocycles. The Balaban J connectivity index is 1.95. The second-order valence-corrected chi connectivity index (χ2v) is 4.88. The molecule has 1 N–H and O–H groups in total. The summed E-state index contributed by atoms with van der Waals surface area (Å²) < 4.78 is 5.11. The third kappa shape index (κ3) is 2.37. The largest absolute Gasteiger partial charge is 0.392 e. The van der Waals surface area contributed by atoms with Crippen molar-refractivity contribution in [2.24, 2.45) is 11.8 Å². The summed E-state index contributed by atoms with van der Waals surface area (Å²) in [6.45, 7) is 6.14. The van der Waals surface area contributed by atoms with Crippen LogP contribution >= 0.6 is 0 Å². The molecule has 1 aliphatic rings. The molecule has 1 fully saturated rings. The van der Waals surface area contributed by atoms with E-state index in [4.69, 9.17) is 4.52 Å². The van der Waals surface area contributed by atoms with Gasteiger partial charge in [-0.2, -0.15) is 4.98 Å². The summed E-state index contributed by atoms with van der Waals surface area (Å²) in [5, 5.41) is 13.6. The predicted octanol–water partition coefficient (Wildman–Crippen LogP) is 1.75. The van der Waals surface area contributed by atoms with Gasteiger partial charge in [0.1, 0.15) is 0 Å². The first-order valence-corrected chi connectivity index (χ1v) is 5.58. The van der Waals surface area contributed by atoms with Gasteiger partial charge in [-0.3, -0.25) is 0 Å². The Kier molecular flexibility index (Phi) is 2.78. The number of hydrogen-bond acceptors (Lipinski definition) is 4. The van der Waals surface area contributed by atoms with Crippen molar-refractivity contribution in [3.63, 3.8) is 0 Å². The molecule has 0 amide bonds. The first-order chi connectivity index (χ1) is 7.08. The minimum atomic E-state index is -0.394. The van der Waals surface area contributed by atoms with Crippen LogP contribution in [0.4, 0.5) is 0 Å². The predicted molar refractivity (Wildman–Crippen MR) is 55.4 cm³/mol. The SMILES string of the molecule is CC(C)C(O)Cc1nc(C2CC2C)no1. The summed E-state index contributed by atoms with van der Waals surface area (Å²) in [5.41, 5.74) is 0. The molecule has 0 saturated heterocycles. The summed E-state index contributed by atoms with van der Waals surface area (Å²) >= 11 is 0. The molecule has 0 radical (unpaired) electrons. The van der Waals surface area contributed by atoms with E-state index in [1.807, 2.05) is 13.8 Å². The number of hydrogen-bond donors (Lipinski definition) is 1. The molecule has 4 nitrogen and oxygen atoms in total. The van der Waals surface area contributed by atoms with Gasteiger partial charge in [-0.1, -0.05) is 25.9 Å². The lowest BCUT2D eigenvalue weighted by molar-refractivity contribution is 0.116. The van der Waals surface area contributed by atoms with Crippen LogP contribution in [0.15, 0.2) is 4.52 Å². The molecule has 84 valence electrons. The molecule has 1 saturated carbocycles. The second kappa shape index (κ2) is 3.93. The van der Waals surface area contributed by atoms with Gasteiger partial charge in [0.2, 0.25) is 5.89 Å². The molecule has 3 atom stereocenters. The van der Waals surface area contributed by atoms with Gasteiger partial charge in [0.25, 0.3) is 0 Å². The second-order valence-electron chi connectivity index (χ2n) is 4.88. The van der Waals surface area contributed by atoms with Crippen LogP contribution in [0, 0.1) is 11.8 Å². The van der Waals surface area contributed by atoms with Gasteiger partial charge in [0.05, 0.1) is 12.5 Å². The van der Waals surface area contributed by atoms with Crippen LogP contribution in [0.2, 0.25) is 0 Å². The van der Waals surface area contributed by atoms with E-state index in [9.17, 15) is 5.11 Å². The normalized spacial score (nSPS) is 27.0. The summed E-state index contributed by atoms with van der Waals surface area (Å²) in [5.74, 6) is 2.77. The minimum Gasteiger partial charge on any atom is -0.392 e. The van der Waals surface area contributed by atoms with Crippen molar-refractivity contribution < 1.29 is 9.63 Å². The first kappa shape index (κ1) is 10.6. The van der Waals surface area contributed by atoms with Crippen molar-refractivity contribution in [1.82, 2.24) is 10.1 Å². The van der Waals surface area contributed by atoms with Crippen LogP contribution in [0.3, 0.4) is 0 Å². The van der Waals surface area contributed by atoms with Gasteiger partial charge >= 0.3 is 0 Å². The zero-order valence-electron chi connectivity index (χ0n) is 9.47. The monoisotopic (exact) mass is 210 g/mol. The number of rotatable bonds is 4. The van der Waals surface area contributed by atoms with Crippen LogP contribution in [0.25, 0.3) is 0 Å². The van der Waals surface area contributed by atoms with Crippen molar-refractivity contribution >= 4 is 0 Å². The average Bonchev–Trinajstić information content (AvgIpc) is 2.73. The smallest absolute Gasteiger partial charge is 0.229 e. The number of aromatic nitrogens is 2. The molecule has 1 aliphatic carbocycles. The number of nitrogens with zero attached hydrogens (tertiary/aromatic N) is 2. The minimum absolute atomic E-state index is 0.222. The van der Waals surface area contributed by atoms with E-state index in [1.54, 1.807) is 0 Å². The zero-order valence-corrected chi connectivity index (χ0v) is 9.47. The molecular weight excluding hydrogens is 192 g/mol. The highest BCUT2D eigenvalue weighted by Crippen LogP contribution is 2.45. The molecule has 3 unspecified atom stereocenters. The summed E-state index contributed by atoms with van der Waals surface area (Å²) in [6, 6.07) is 0. The van der Waals surface area contributed by atoms with Gasteiger partial charge in [-0.05, 0) is 18.3 Å². The molecule has 1 aromatic heterocycles. The number of aliphatic hydroxyl groups is 1. The van der Waals surface area contributed by atoms with Crippen LogP contribution in [0.1, 0.15) is 44.8 Å². The van der Waals surface area contributed by atoms with E-state index < -0.39 is 6.10 Å². The van der Waals surface area contributed by atoms with E-state index in [-0.39, 0.29) is 5.92 Å². The van der Waals surface area contributed by atoms with Gasteiger partial charge in [0, 0.05) is 5.92 Å². The fourth-order valence-corrected chi connectivity index (χ4v) is 1.60. The zero-order chi connectivity index (χ0) is 11.0. The lowest BCUT2D eigenvalue weighted by Gasteiger charge is -2.10. The van der Waals surface area contributed by atoms with Crippen LogP contribution in [-0.4, -0.2) is 21.4 Å². The Morgan fingerprint density at radius 3 is 2.73 bits per heavy atom. The van der Waals surface area contributed by atoms with Crippen molar-refractivity contribution in [3.8, 4) is 0 Å². The van der Waals surface area contributed by atoms with Crippen molar-refractivity contribution in [2.45, 2.75) is 45.6 Å². The van der Waals surface area contributed by atoms with E-state index in [2.05, 4.69) is 17.1 Å². The highest BCUT2D eigenvalue weighted by atomic mass is 16.5. The van der Waals surface area contributed by atoms with E-state index in [1.165, 1.54) is 0 Å². The third-order valence-electron chi connectivity index (χ3n) is 3.08. The summed E-state index contributed by atoms with van der Waals surface area (Å²) in [4.78, 5) is 4.31. The molecule has 0 bridgehead atoms. The van der Waals surface area contributed by atoms with Crippen LogP contribution in [0.5, 0.6) is 0 Å². The molecule has 2 rings (SSSR count). The standard InChI is InChI=1S/C11H18N2O2/c1-6(2)9(14)5-10-12-11(13-15-10)8-4-7(8)3/h6-9,14H,4-5H2,1-3H3. The summed E-state index contributed by atoms with van der Waals surface area (Å²) in [6.07, 6.45) is 1.23. The van der Waals surface area contributed by atoms with Crippen molar-refractivity contribution in [1.29, 1.82) is 0 Å². The first-order valence-electron chi connectivity index (χ1n) is 5.58. The Morgan fingerprint density at radius 1 is 1.53 bits per heavy atom. The quantitative estimate of drug-likeness (QED) is 0.822. The number of aliphatic hydroxyl groups excluding tert-OH is 1. The lowest BCUT2D eigenvalue weighted by Crippen LogP contribution is -2.17. The van der Waals surface area contributed by atoms with E-state index in [0.29, 0.717) is 24.1 Å². The average molecular weight is 210 g/mol. The third-order valence-corrected chi connectivity index (χ3v) is 3.08. The highest BCUT2D eigenvalue weighted by Gasteiger charge is 2.38. The van der Waals surface area contributed by atoms with E-state index >= 15 is 0 Å². The van der Waals surface area contributed by atoms with Crippen LogP contribution in [-0.2, 0) is 6.42 Å². The maximum atomic E-state index is 9.67. The fraction of sp³-hybridized carbons (Fsp3) is 0.818. The molecule has 1 aromatic rings. The topological polar surface area (TPSA) is 59.2 Å². The molecule has 0 aromatic carbocycles. The fourth-order valence-electron chi connectivity index (χ4n) is 1.60. The lowest BCUT2D eigenvalue weighted by atomic mass is 10.0.